The zero-order valence-corrected chi connectivity index (χ0v) is 11.2. The molecule has 2 heterocycles. The number of para-hydroxylation sites is 1. The van der Waals surface area contributed by atoms with Crippen molar-refractivity contribution in [2.24, 2.45) is 0 Å². The Kier molecular flexibility index (Phi) is 3.84. The number of nitrogens with one attached hydrogen (secondary N) is 2. The van der Waals surface area contributed by atoms with E-state index in [-0.39, 0.29) is 0 Å². The Morgan fingerprint density at radius 2 is 1.89 bits per heavy atom. The van der Waals surface area contributed by atoms with Crippen LogP contribution in [-0.2, 0) is 13.1 Å². The average molecular weight is 255 g/mol. The minimum atomic E-state index is 0.851. The first-order chi connectivity index (χ1) is 9.42. The summed E-state index contributed by atoms with van der Waals surface area (Å²) < 4.78 is 0. The monoisotopic (exact) mass is 255 g/mol. The number of aromatic nitrogens is 1. The van der Waals surface area contributed by atoms with Crippen LogP contribution in [0.5, 0.6) is 0 Å². The van der Waals surface area contributed by atoms with E-state index in [1.54, 1.807) is 0 Å². The van der Waals surface area contributed by atoms with Crippen molar-refractivity contribution in [2.45, 2.75) is 25.9 Å². The van der Waals surface area contributed by atoms with Crippen molar-refractivity contribution in [2.75, 3.05) is 18.4 Å². The van der Waals surface area contributed by atoms with Crippen LogP contribution >= 0.6 is 0 Å². The highest BCUT2D eigenvalue weighted by Crippen LogP contribution is 2.20. The molecule has 0 aliphatic carbocycles. The second-order valence-electron chi connectivity index (χ2n) is 5.19. The van der Waals surface area contributed by atoms with Gasteiger partial charge in [0.15, 0.2) is 0 Å². The highest BCUT2D eigenvalue weighted by Gasteiger charge is 2.13. The van der Waals surface area contributed by atoms with Gasteiger partial charge in [-0.05, 0) is 49.7 Å². The Hall–Kier alpha value is -1.74. The number of hydrogen-bond acceptors (Lipinski definition) is 2. The Balaban J connectivity index is 1.66. The van der Waals surface area contributed by atoms with Crippen LogP contribution in [0.4, 0.5) is 5.69 Å². The normalized spacial score (nSPS) is 15.8. The number of nitrogens with zero attached hydrogens (tertiary/aromatic N) is 1. The Bertz CT molecular complexity index is 498. The van der Waals surface area contributed by atoms with E-state index in [1.165, 1.54) is 42.9 Å². The Labute approximate surface area is 114 Å². The fourth-order valence-electron chi connectivity index (χ4n) is 2.68. The van der Waals surface area contributed by atoms with Crippen molar-refractivity contribution in [1.29, 1.82) is 0 Å². The zero-order chi connectivity index (χ0) is 12.9. The third-order valence-corrected chi connectivity index (χ3v) is 3.74. The third-order valence-electron chi connectivity index (χ3n) is 3.74. The van der Waals surface area contributed by atoms with Gasteiger partial charge in [-0.15, -0.1) is 0 Å². The van der Waals surface area contributed by atoms with Gasteiger partial charge >= 0.3 is 0 Å². The summed E-state index contributed by atoms with van der Waals surface area (Å²) in [4.78, 5) is 5.76. The van der Waals surface area contributed by atoms with Crippen LogP contribution in [0.15, 0.2) is 42.6 Å². The zero-order valence-electron chi connectivity index (χ0n) is 11.2. The lowest BCUT2D eigenvalue weighted by atomic mass is 10.1. The maximum Gasteiger partial charge on any atom is 0.0551 e. The molecule has 0 spiro atoms. The molecule has 0 bridgehead atoms. The van der Waals surface area contributed by atoms with Gasteiger partial charge in [0.1, 0.15) is 0 Å². The molecule has 3 nitrogen and oxygen atoms in total. The average Bonchev–Trinajstić information content (AvgIpc) is 3.10. The highest BCUT2D eigenvalue weighted by atomic mass is 15.1. The van der Waals surface area contributed by atoms with E-state index in [0.717, 1.165) is 13.1 Å². The van der Waals surface area contributed by atoms with Gasteiger partial charge in [0.2, 0.25) is 0 Å². The number of hydrogen-bond donors (Lipinski definition) is 2. The third kappa shape index (κ3) is 3.18. The van der Waals surface area contributed by atoms with E-state index in [9.17, 15) is 0 Å². The summed E-state index contributed by atoms with van der Waals surface area (Å²) in [6.45, 7) is 4.40. The molecule has 3 rings (SSSR count). The van der Waals surface area contributed by atoms with E-state index in [2.05, 4.69) is 45.5 Å². The number of benzene rings is 1. The number of rotatable bonds is 5. The second-order valence-corrected chi connectivity index (χ2v) is 5.19. The number of anilines is 1. The predicted molar refractivity (Wildman–Crippen MR) is 79.1 cm³/mol. The van der Waals surface area contributed by atoms with Gasteiger partial charge < -0.3 is 10.3 Å². The molecule has 1 aromatic carbocycles. The molecule has 3 heteroatoms. The summed E-state index contributed by atoms with van der Waals surface area (Å²) in [6, 6.07) is 12.8. The molecule has 1 aromatic heterocycles. The fourth-order valence-corrected chi connectivity index (χ4v) is 2.68. The van der Waals surface area contributed by atoms with Gasteiger partial charge in [0.25, 0.3) is 0 Å². The number of likely N-dealkylation sites (tertiary alicyclic amines) is 1. The minimum absolute atomic E-state index is 0.851. The summed E-state index contributed by atoms with van der Waals surface area (Å²) in [5.41, 5.74) is 3.87. The van der Waals surface area contributed by atoms with E-state index < -0.39 is 0 Å². The van der Waals surface area contributed by atoms with Gasteiger partial charge in [-0.1, -0.05) is 18.2 Å². The summed E-state index contributed by atoms with van der Waals surface area (Å²) in [6.07, 6.45) is 4.66. The Morgan fingerprint density at radius 3 is 2.68 bits per heavy atom. The number of aromatic amines is 1. The first kappa shape index (κ1) is 12.3. The molecule has 1 fully saturated rings. The van der Waals surface area contributed by atoms with Crippen LogP contribution in [-0.4, -0.2) is 23.0 Å². The van der Waals surface area contributed by atoms with Crippen LogP contribution in [0, 0.1) is 0 Å². The molecule has 1 aliphatic heterocycles. The van der Waals surface area contributed by atoms with Crippen molar-refractivity contribution < 1.29 is 0 Å². The lowest BCUT2D eigenvalue weighted by Gasteiger charge is -2.18. The summed E-state index contributed by atoms with van der Waals surface area (Å²) in [7, 11) is 0. The standard InChI is InChI=1S/C16H21N3/c1-2-8-16(18-12-15-7-5-9-17-15)14(6-1)13-19-10-3-4-11-19/h1-2,5-9,17-18H,3-4,10-13H2. The molecular formula is C16H21N3. The van der Waals surface area contributed by atoms with Crippen molar-refractivity contribution in [3.63, 3.8) is 0 Å². The molecule has 1 aliphatic rings. The number of H-pyrrole nitrogens is 1. The summed E-state index contributed by atoms with van der Waals surface area (Å²) in [5, 5.41) is 3.53. The molecule has 1 saturated heterocycles. The highest BCUT2D eigenvalue weighted by molar-refractivity contribution is 5.51. The SMILES string of the molecule is c1c[nH]c(CNc2ccccc2CN2CCCC2)c1. The van der Waals surface area contributed by atoms with Gasteiger partial charge in [-0.25, -0.2) is 0 Å². The maximum atomic E-state index is 3.53. The van der Waals surface area contributed by atoms with Crippen molar-refractivity contribution in [3.8, 4) is 0 Å². The summed E-state index contributed by atoms with van der Waals surface area (Å²) >= 11 is 0. The minimum Gasteiger partial charge on any atom is -0.379 e. The van der Waals surface area contributed by atoms with Crippen LogP contribution in [0.2, 0.25) is 0 Å². The molecular weight excluding hydrogens is 234 g/mol. The first-order valence-electron chi connectivity index (χ1n) is 7.08. The van der Waals surface area contributed by atoms with Crippen LogP contribution < -0.4 is 5.32 Å². The molecule has 0 unspecified atom stereocenters. The van der Waals surface area contributed by atoms with E-state index in [0.29, 0.717) is 0 Å². The van der Waals surface area contributed by atoms with Crippen molar-refractivity contribution in [1.82, 2.24) is 9.88 Å². The van der Waals surface area contributed by atoms with Crippen molar-refractivity contribution >= 4 is 5.69 Å². The topological polar surface area (TPSA) is 31.1 Å². The molecule has 2 N–H and O–H groups in total. The van der Waals surface area contributed by atoms with Gasteiger partial charge in [-0.3, -0.25) is 4.90 Å². The van der Waals surface area contributed by atoms with Gasteiger partial charge in [0, 0.05) is 24.1 Å². The maximum absolute atomic E-state index is 3.53. The molecule has 0 amide bonds. The lowest BCUT2D eigenvalue weighted by Crippen LogP contribution is -2.19. The molecule has 100 valence electrons. The molecule has 0 atom stereocenters. The predicted octanol–water partition coefficient (Wildman–Crippen LogP) is 3.22. The van der Waals surface area contributed by atoms with E-state index in [1.807, 2.05) is 12.3 Å². The van der Waals surface area contributed by atoms with E-state index in [4.69, 9.17) is 0 Å². The van der Waals surface area contributed by atoms with Crippen molar-refractivity contribution in [3.05, 3.63) is 53.9 Å². The molecule has 2 aromatic rings. The van der Waals surface area contributed by atoms with Gasteiger partial charge in [0.05, 0.1) is 6.54 Å². The van der Waals surface area contributed by atoms with E-state index >= 15 is 0 Å². The van der Waals surface area contributed by atoms with Crippen LogP contribution in [0.25, 0.3) is 0 Å². The first-order valence-corrected chi connectivity index (χ1v) is 7.08. The smallest absolute Gasteiger partial charge is 0.0551 e. The van der Waals surface area contributed by atoms with Gasteiger partial charge in [-0.2, -0.15) is 0 Å². The molecule has 0 radical (unpaired) electrons. The fraction of sp³-hybridized carbons (Fsp3) is 0.375. The molecule has 19 heavy (non-hydrogen) atoms. The quantitative estimate of drug-likeness (QED) is 0.859. The lowest BCUT2D eigenvalue weighted by molar-refractivity contribution is 0.332. The molecule has 0 saturated carbocycles. The van der Waals surface area contributed by atoms with Crippen LogP contribution in [0.1, 0.15) is 24.1 Å². The largest absolute Gasteiger partial charge is 0.379 e. The summed E-state index contributed by atoms with van der Waals surface area (Å²) in [5.74, 6) is 0. The second kappa shape index (κ2) is 5.93. The van der Waals surface area contributed by atoms with Crippen LogP contribution in [0.3, 0.4) is 0 Å². The Morgan fingerprint density at radius 1 is 1.05 bits per heavy atom.